The first-order chi connectivity index (χ1) is 14.5. The first-order valence-corrected chi connectivity index (χ1v) is 10.8. The van der Waals surface area contributed by atoms with Gasteiger partial charge in [0.2, 0.25) is 5.91 Å². The molecule has 158 valence electrons. The number of ether oxygens (including phenoxy) is 1. The third-order valence-corrected chi connectivity index (χ3v) is 5.75. The molecule has 30 heavy (non-hydrogen) atoms. The van der Waals surface area contributed by atoms with Gasteiger partial charge in [0.15, 0.2) is 0 Å². The molecule has 0 radical (unpaired) electrons. The smallest absolute Gasteiger partial charge is 0.307 e. The largest absolute Gasteiger partial charge is 0.466 e. The molecule has 0 bridgehead atoms. The molecule has 1 amide bonds. The Kier molecular flexibility index (Phi) is 7.35. The summed E-state index contributed by atoms with van der Waals surface area (Å²) >= 11 is 1.64. The van der Waals surface area contributed by atoms with Gasteiger partial charge in [-0.05, 0) is 19.4 Å². The normalized spacial score (nSPS) is 10.8. The molecule has 8 heteroatoms. The van der Waals surface area contributed by atoms with Crippen LogP contribution >= 0.6 is 11.3 Å². The number of aromatic nitrogens is 2. The van der Waals surface area contributed by atoms with Crippen LogP contribution in [0.2, 0.25) is 0 Å². The van der Waals surface area contributed by atoms with Gasteiger partial charge in [-0.1, -0.05) is 30.3 Å². The maximum Gasteiger partial charge on any atom is 0.307 e. The number of esters is 1. The molecule has 0 aliphatic rings. The number of thiophene rings is 1. The predicted octanol–water partition coefficient (Wildman–Crippen LogP) is 3.88. The van der Waals surface area contributed by atoms with E-state index in [-0.39, 0.29) is 18.3 Å². The molecular formula is C22H26N4O3S. The van der Waals surface area contributed by atoms with Gasteiger partial charge in [0.25, 0.3) is 0 Å². The van der Waals surface area contributed by atoms with Crippen LogP contribution in [0.25, 0.3) is 21.3 Å². The maximum atomic E-state index is 12.4. The van der Waals surface area contributed by atoms with Crippen LogP contribution in [0.1, 0.15) is 24.6 Å². The van der Waals surface area contributed by atoms with E-state index in [0.717, 1.165) is 27.2 Å². The van der Waals surface area contributed by atoms with Crippen molar-refractivity contribution in [3.8, 4) is 11.1 Å². The molecule has 0 saturated heterocycles. The van der Waals surface area contributed by atoms with Crippen LogP contribution < -0.4 is 5.32 Å². The van der Waals surface area contributed by atoms with Crippen molar-refractivity contribution in [3.05, 3.63) is 41.5 Å². The van der Waals surface area contributed by atoms with Gasteiger partial charge in [-0.25, -0.2) is 9.97 Å². The predicted molar refractivity (Wildman–Crippen MR) is 120 cm³/mol. The number of hydrogen-bond acceptors (Lipinski definition) is 7. The van der Waals surface area contributed by atoms with E-state index >= 15 is 0 Å². The van der Waals surface area contributed by atoms with Crippen LogP contribution in [0.4, 0.5) is 5.82 Å². The van der Waals surface area contributed by atoms with Gasteiger partial charge in [-0.15, -0.1) is 11.3 Å². The summed E-state index contributed by atoms with van der Waals surface area (Å²) in [5, 5.41) is 4.28. The number of fused-ring (bicyclic) bond motifs is 1. The van der Waals surface area contributed by atoms with Crippen molar-refractivity contribution in [2.45, 2.75) is 26.7 Å². The molecule has 3 rings (SSSR count). The van der Waals surface area contributed by atoms with Crippen LogP contribution in [0.15, 0.2) is 36.7 Å². The molecule has 0 unspecified atom stereocenters. The first-order valence-electron chi connectivity index (χ1n) is 9.94. The molecule has 1 aromatic carbocycles. The molecule has 0 aliphatic carbocycles. The SMILES string of the molecule is CCOC(=O)CCN(C)C(=O)CCNc1ncnc2sc(C)c(-c3ccccc3)c12. The van der Waals surface area contributed by atoms with Gasteiger partial charge in [-0.2, -0.15) is 0 Å². The number of hydrogen-bond donors (Lipinski definition) is 1. The van der Waals surface area contributed by atoms with Crippen LogP contribution in [-0.4, -0.2) is 53.5 Å². The second kappa shape index (κ2) is 10.2. The van der Waals surface area contributed by atoms with Gasteiger partial charge in [0.05, 0.1) is 18.4 Å². The highest BCUT2D eigenvalue weighted by atomic mass is 32.1. The highest BCUT2D eigenvalue weighted by Gasteiger charge is 2.17. The lowest BCUT2D eigenvalue weighted by molar-refractivity contribution is -0.143. The average molecular weight is 427 g/mol. The van der Waals surface area contributed by atoms with Gasteiger partial charge in [0, 0.05) is 37.0 Å². The fourth-order valence-electron chi connectivity index (χ4n) is 3.23. The van der Waals surface area contributed by atoms with E-state index in [2.05, 4.69) is 34.3 Å². The van der Waals surface area contributed by atoms with Gasteiger partial charge in [-0.3, -0.25) is 9.59 Å². The third-order valence-electron chi connectivity index (χ3n) is 4.74. The second-order valence-corrected chi connectivity index (χ2v) is 8.05. The summed E-state index contributed by atoms with van der Waals surface area (Å²) in [6, 6.07) is 10.2. The summed E-state index contributed by atoms with van der Waals surface area (Å²) in [7, 11) is 1.69. The van der Waals surface area contributed by atoms with E-state index in [1.807, 2.05) is 18.2 Å². The number of nitrogens with one attached hydrogen (secondary N) is 1. The average Bonchev–Trinajstić information content (AvgIpc) is 3.09. The fourth-order valence-corrected chi connectivity index (χ4v) is 4.24. The van der Waals surface area contributed by atoms with E-state index < -0.39 is 0 Å². The van der Waals surface area contributed by atoms with Crippen LogP contribution in [0, 0.1) is 6.92 Å². The van der Waals surface area contributed by atoms with Crippen molar-refractivity contribution in [1.29, 1.82) is 0 Å². The van der Waals surface area contributed by atoms with Crippen molar-refractivity contribution in [2.75, 3.05) is 32.1 Å². The van der Waals surface area contributed by atoms with E-state index in [1.54, 1.807) is 36.5 Å². The topological polar surface area (TPSA) is 84.4 Å². The Hall–Kier alpha value is -3.00. The molecule has 0 saturated carbocycles. The summed E-state index contributed by atoms with van der Waals surface area (Å²) in [5.41, 5.74) is 2.24. The molecule has 3 aromatic rings. The summed E-state index contributed by atoms with van der Waals surface area (Å²) in [6.45, 7) is 4.98. The van der Waals surface area contributed by atoms with E-state index in [4.69, 9.17) is 4.74 Å². The van der Waals surface area contributed by atoms with Gasteiger partial charge >= 0.3 is 5.97 Å². The number of carbonyl (C=O) groups excluding carboxylic acids is 2. The van der Waals surface area contributed by atoms with Gasteiger partial charge < -0.3 is 15.0 Å². The van der Waals surface area contributed by atoms with Crippen LogP contribution in [-0.2, 0) is 14.3 Å². The first kappa shape index (κ1) is 21.7. The second-order valence-electron chi connectivity index (χ2n) is 6.85. The van der Waals surface area contributed by atoms with Crippen molar-refractivity contribution in [2.24, 2.45) is 0 Å². The fraction of sp³-hybridized carbons (Fsp3) is 0.364. The number of nitrogens with zero attached hydrogens (tertiary/aromatic N) is 3. The van der Waals surface area contributed by atoms with Crippen molar-refractivity contribution >= 4 is 39.2 Å². The molecule has 2 aromatic heterocycles. The van der Waals surface area contributed by atoms with Crippen molar-refractivity contribution < 1.29 is 14.3 Å². The summed E-state index contributed by atoms with van der Waals surface area (Å²) in [4.78, 5) is 36.3. The monoisotopic (exact) mass is 426 g/mol. The Morgan fingerprint density at radius 1 is 1.17 bits per heavy atom. The number of rotatable bonds is 9. The Balaban J connectivity index is 1.67. The van der Waals surface area contributed by atoms with Crippen LogP contribution in [0.5, 0.6) is 0 Å². The minimum atomic E-state index is -0.292. The summed E-state index contributed by atoms with van der Waals surface area (Å²) in [5.74, 6) is 0.395. The molecular weight excluding hydrogens is 400 g/mol. The molecule has 2 heterocycles. The number of carbonyl (C=O) groups is 2. The highest BCUT2D eigenvalue weighted by Crippen LogP contribution is 2.40. The standard InChI is InChI=1S/C22H26N4O3S/c1-4-29-18(28)11-13-26(3)17(27)10-12-23-21-20-19(16-8-6-5-7-9-16)15(2)30-22(20)25-14-24-21/h5-9,14H,4,10-13H2,1-3H3,(H,23,24,25). The zero-order valence-corrected chi connectivity index (χ0v) is 18.3. The number of aryl methyl sites for hydroxylation is 1. The minimum absolute atomic E-state index is 0.0399. The lowest BCUT2D eigenvalue weighted by Gasteiger charge is -2.17. The third kappa shape index (κ3) is 5.13. The lowest BCUT2D eigenvalue weighted by Crippen LogP contribution is -2.30. The number of benzene rings is 1. The quantitative estimate of drug-likeness (QED) is 0.523. The molecule has 0 atom stereocenters. The molecule has 0 fully saturated rings. The van der Waals surface area contributed by atoms with Gasteiger partial charge in [0.1, 0.15) is 17.0 Å². The Morgan fingerprint density at radius 3 is 2.67 bits per heavy atom. The summed E-state index contributed by atoms with van der Waals surface area (Å²) in [6.07, 6.45) is 2.04. The van der Waals surface area contributed by atoms with Crippen molar-refractivity contribution in [1.82, 2.24) is 14.9 Å². The van der Waals surface area contributed by atoms with Crippen LogP contribution in [0.3, 0.4) is 0 Å². The zero-order valence-electron chi connectivity index (χ0n) is 17.5. The minimum Gasteiger partial charge on any atom is -0.466 e. The van der Waals surface area contributed by atoms with E-state index in [9.17, 15) is 9.59 Å². The molecule has 7 nitrogen and oxygen atoms in total. The number of anilines is 1. The Labute approximate surface area is 180 Å². The van der Waals surface area contributed by atoms with E-state index in [0.29, 0.717) is 26.1 Å². The van der Waals surface area contributed by atoms with Crippen molar-refractivity contribution in [3.63, 3.8) is 0 Å². The molecule has 1 N–H and O–H groups in total. The summed E-state index contributed by atoms with van der Waals surface area (Å²) < 4.78 is 4.90. The molecule has 0 aliphatic heterocycles. The zero-order chi connectivity index (χ0) is 21.5. The Bertz CT molecular complexity index is 1020. The highest BCUT2D eigenvalue weighted by molar-refractivity contribution is 7.19. The Morgan fingerprint density at radius 2 is 1.93 bits per heavy atom. The number of amides is 1. The van der Waals surface area contributed by atoms with E-state index in [1.165, 1.54) is 4.88 Å². The maximum absolute atomic E-state index is 12.4. The molecule has 0 spiro atoms. The lowest BCUT2D eigenvalue weighted by atomic mass is 10.0.